The molecule has 0 aromatic heterocycles. The maximum Gasteiger partial charge on any atom is 0.317 e. The van der Waals surface area contributed by atoms with Gasteiger partial charge in [0.15, 0.2) is 0 Å². The number of carboxylic acids is 1. The molecule has 0 bridgehead atoms. The van der Waals surface area contributed by atoms with Gasteiger partial charge in [-0.15, -0.1) is 12.4 Å². The standard InChI is InChI=1S/C12H22N2O3.ClH/c1-3-6-14(9-12(16)17)8-11(15)13(2)7-10-4-5-10;/h10H,3-9H2,1-2H3,(H,16,17);1H. The Morgan fingerprint density at radius 3 is 2.33 bits per heavy atom. The van der Waals surface area contributed by atoms with Crippen LogP contribution in [0.25, 0.3) is 0 Å². The highest BCUT2D eigenvalue weighted by atomic mass is 35.5. The van der Waals surface area contributed by atoms with E-state index in [1.54, 1.807) is 16.8 Å². The lowest BCUT2D eigenvalue weighted by Gasteiger charge is -2.23. The molecule has 0 aromatic rings. The monoisotopic (exact) mass is 278 g/mol. The van der Waals surface area contributed by atoms with E-state index in [1.807, 2.05) is 6.92 Å². The molecule has 0 saturated heterocycles. The summed E-state index contributed by atoms with van der Waals surface area (Å²) in [6.07, 6.45) is 3.28. The van der Waals surface area contributed by atoms with Crippen molar-refractivity contribution < 1.29 is 14.7 Å². The van der Waals surface area contributed by atoms with Crippen LogP contribution in [0.3, 0.4) is 0 Å². The molecule has 1 fully saturated rings. The van der Waals surface area contributed by atoms with Crippen LogP contribution in [-0.2, 0) is 9.59 Å². The molecule has 0 unspecified atom stereocenters. The largest absolute Gasteiger partial charge is 0.480 e. The molecule has 1 N–H and O–H groups in total. The number of hydrogen-bond acceptors (Lipinski definition) is 3. The molecule has 0 aliphatic heterocycles. The van der Waals surface area contributed by atoms with Crippen LogP contribution >= 0.6 is 12.4 Å². The van der Waals surface area contributed by atoms with E-state index >= 15 is 0 Å². The average Bonchev–Trinajstić information content (AvgIpc) is 3.00. The van der Waals surface area contributed by atoms with Crippen molar-refractivity contribution in [2.24, 2.45) is 5.92 Å². The van der Waals surface area contributed by atoms with Crippen molar-refractivity contribution >= 4 is 24.3 Å². The third-order valence-electron chi connectivity index (χ3n) is 2.91. The van der Waals surface area contributed by atoms with Gasteiger partial charge in [0, 0.05) is 13.6 Å². The molecule has 18 heavy (non-hydrogen) atoms. The molecule has 1 aliphatic rings. The van der Waals surface area contributed by atoms with E-state index in [0.29, 0.717) is 12.5 Å². The molecule has 0 aromatic carbocycles. The van der Waals surface area contributed by atoms with Crippen molar-refractivity contribution in [2.75, 3.05) is 33.2 Å². The predicted octanol–water partition coefficient (Wildman–Crippen LogP) is 1.07. The first-order valence-corrected chi connectivity index (χ1v) is 6.21. The number of carbonyl (C=O) groups excluding carboxylic acids is 1. The number of likely N-dealkylation sites (N-methyl/N-ethyl adjacent to an activating group) is 1. The van der Waals surface area contributed by atoms with Gasteiger partial charge in [0.1, 0.15) is 0 Å². The Morgan fingerprint density at radius 1 is 1.28 bits per heavy atom. The van der Waals surface area contributed by atoms with Gasteiger partial charge >= 0.3 is 5.97 Å². The zero-order valence-corrected chi connectivity index (χ0v) is 11.9. The quantitative estimate of drug-likeness (QED) is 0.722. The molecule has 0 heterocycles. The first kappa shape index (κ1) is 17.2. The molecule has 0 radical (unpaired) electrons. The highest BCUT2D eigenvalue weighted by Crippen LogP contribution is 2.29. The van der Waals surface area contributed by atoms with Gasteiger partial charge in [-0.1, -0.05) is 6.92 Å². The van der Waals surface area contributed by atoms with Crippen LogP contribution in [0.1, 0.15) is 26.2 Å². The Hall–Kier alpha value is -0.810. The summed E-state index contributed by atoms with van der Waals surface area (Å²) in [6, 6.07) is 0. The van der Waals surface area contributed by atoms with Crippen molar-refractivity contribution in [3.8, 4) is 0 Å². The maximum atomic E-state index is 11.9. The van der Waals surface area contributed by atoms with Crippen LogP contribution in [0, 0.1) is 5.92 Å². The highest BCUT2D eigenvalue weighted by Gasteiger charge is 2.25. The minimum absolute atomic E-state index is 0. The Morgan fingerprint density at radius 2 is 1.89 bits per heavy atom. The summed E-state index contributed by atoms with van der Waals surface area (Å²) in [6.45, 7) is 3.59. The maximum absolute atomic E-state index is 11.9. The molecule has 5 nitrogen and oxygen atoms in total. The van der Waals surface area contributed by atoms with Gasteiger partial charge in [0.05, 0.1) is 13.1 Å². The van der Waals surface area contributed by atoms with Gasteiger partial charge in [0.25, 0.3) is 0 Å². The molecule has 1 saturated carbocycles. The lowest BCUT2D eigenvalue weighted by molar-refractivity contribution is -0.139. The van der Waals surface area contributed by atoms with Crippen molar-refractivity contribution in [3.05, 3.63) is 0 Å². The Kier molecular flexibility index (Phi) is 7.95. The van der Waals surface area contributed by atoms with Gasteiger partial charge in [0.2, 0.25) is 5.91 Å². The SMILES string of the molecule is CCCN(CC(=O)O)CC(=O)N(C)CC1CC1.Cl. The summed E-state index contributed by atoms with van der Waals surface area (Å²) in [5, 5.41) is 8.75. The van der Waals surface area contributed by atoms with E-state index in [4.69, 9.17) is 5.11 Å². The fourth-order valence-electron chi connectivity index (χ4n) is 1.82. The Balaban J connectivity index is 0.00000289. The lowest BCUT2D eigenvalue weighted by Crippen LogP contribution is -2.41. The van der Waals surface area contributed by atoms with Crippen molar-refractivity contribution in [1.82, 2.24) is 9.80 Å². The smallest absolute Gasteiger partial charge is 0.317 e. The number of rotatable bonds is 8. The van der Waals surface area contributed by atoms with Crippen LogP contribution in [0.5, 0.6) is 0 Å². The van der Waals surface area contributed by atoms with E-state index < -0.39 is 5.97 Å². The zero-order valence-electron chi connectivity index (χ0n) is 11.1. The number of amides is 1. The number of carboxylic acid groups (broad SMARTS) is 1. The Labute approximate surface area is 115 Å². The predicted molar refractivity (Wildman–Crippen MR) is 72.0 cm³/mol. The van der Waals surface area contributed by atoms with Gasteiger partial charge in [-0.05, 0) is 31.7 Å². The van der Waals surface area contributed by atoms with Crippen molar-refractivity contribution in [2.45, 2.75) is 26.2 Å². The second kappa shape index (κ2) is 8.32. The molecule has 0 atom stereocenters. The van der Waals surface area contributed by atoms with Gasteiger partial charge in [-0.2, -0.15) is 0 Å². The van der Waals surface area contributed by atoms with Crippen LogP contribution < -0.4 is 0 Å². The molecule has 0 spiro atoms. The summed E-state index contributed by atoms with van der Waals surface area (Å²) >= 11 is 0. The molecule has 106 valence electrons. The number of halogens is 1. The van der Waals surface area contributed by atoms with Crippen LogP contribution in [0.4, 0.5) is 0 Å². The molecule has 1 amide bonds. The fraction of sp³-hybridized carbons (Fsp3) is 0.833. The topological polar surface area (TPSA) is 60.9 Å². The lowest BCUT2D eigenvalue weighted by atomic mass is 10.3. The molecule has 1 aliphatic carbocycles. The third-order valence-corrected chi connectivity index (χ3v) is 2.91. The van der Waals surface area contributed by atoms with E-state index in [9.17, 15) is 9.59 Å². The number of aliphatic carboxylic acids is 1. The van der Waals surface area contributed by atoms with Gasteiger partial charge in [-0.3, -0.25) is 14.5 Å². The first-order valence-electron chi connectivity index (χ1n) is 6.21. The zero-order chi connectivity index (χ0) is 12.8. The summed E-state index contributed by atoms with van der Waals surface area (Å²) in [5.74, 6) is -0.189. The normalized spacial score (nSPS) is 14.2. The summed E-state index contributed by atoms with van der Waals surface area (Å²) < 4.78 is 0. The number of nitrogens with zero attached hydrogens (tertiary/aromatic N) is 2. The first-order chi connectivity index (χ1) is 8.02. The molecular weight excluding hydrogens is 256 g/mol. The van der Waals surface area contributed by atoms with E-state index in [-0.39, 0.29) is 31.4 Å². The second-order valence-corrected chi connectivity index (χ2v) is 4.82. The Bertz CT molecular complexity index is 282. The second-order valence-electron chi connectivity index (χ2n) is 4.82. The van der Waals surface area contributed by atoms with Crippen LogP contribution in [-0.4, -0.2) is 60.0 Å². The summed E-state index contributed by atoms with van der Waals surface area (Å²) in [4.78, 5) is 25.9. The van der Waals surface area contributed by atoms with Crippen molar-refractivity contribution in [3.63, 3.8) is 0 Å². The summed E-state index contributed by atoms with van der Waals surface area (Å²) in [5.41, 5.74) is 0. The highest BCUT2D eigenvalue weighted by molar-refractivity contribution is 5.85. The molecular formula is C12H23ClN2O3. The number of carbonyl (C=O) groups is 2. The van der Waals surface area contributed by atoms with Gasteiger partial charge < -0.3 is 10.0 Å². The van der Waals surface area contributed by atoms with Crippen LogP contribution in [0.15, 0.2) is 0 Å². The average molecular weight is 279 g/mol. The number of hydrogen-bond donors (Lipinski definition) is 1. The fourth-order valence-corrected chi connectivity index (χ4v) is 1.82. The van der Waals surface area contributed by atoms with Crippen molar-refractivity contribution in [1.29, 1.82) is 0 Å². The molecule has 6 heteroatoms. The van der Waals surface area contributed by atoms with E-state index in [1.165, 1.54) is 12.8 Å². The van der Waals surface area contributed by atoms with E-state index in [0.717, 1.165) is 13.0 Å². The van der Waals surface area contributed by atoms with Crippen LogP contribution in [0.2, 0.25) is 0 Å². The summed E-state index contributed by atoms with van der Waals surface area (Å²) in [7, 11) is 1.80. The third kappa shape index (κ3) is 6.81. The minimum Gasteiger partial charge on any atom is -0.480 e. The minimum atomic E-state index is -0.879. The molecule has 1 rings (SSSR count). The van der Waals surface area contributed by atoms with E-state index in [2.05, 4.69) is 0 Å². The van der Waals surface area contributed by atoms with Gasteiger partial charge in [-0.25, -0.2) is 0 Å².